The van der Waals surface area contributed by atoms with Gasteiger partial charge >= 0.3 is 0 Å². The zero-order valence-corrected chi connectivity index (χ0v) is 9.00. The van der Waals surface area contributed by atoms with Gasteiger partial charge in [0.15, 0.2) is 0 Å². The highest BCUT2D eigenvalue weighted by Crippen LogP contribution is 2.42. The average Bonchev–Trinajstić information content (AvgIpc) is 2.99. The van der Waals surface area contributed by atoms with E-state index in [1.54, 1.807) is 7.11 Å². The number of hydrogen-bond acceptors (Lipinski definition) is 3. The third-order valence-electron chi connectivity index (χ3n) is 2.62. The van der Waals surface area contributed by atoms with Crippen molar-refractivity contribution in [2.75, 3.05) is 7.11 Å². The summed E-state index contributed by atoms with van der Waals surface area (Å²) in [4.78, 5) is 8.82. The van der Waals surface area contributed by atoms with Crippen LogP contribution in [0.2, 0.25) is 0 Å². The topological polar surface area (TPSA) is 35.0 Å². The smallest absolute Gasteiger partial charge is 0.219 e. The second kappa shape index (κ2) is 3.56. The third kappa shape index (κ3) is 1.59. The van der Waals surface area contributed by atoms with Gasteiger partial charge in [-0.2, -0.15) is 4.98 Å². The van der Waals surface area contributed by atoms with E-state index in [-0.39, 0.29) is 0 Å². The van der Waals surface area contributed by atoms with Gasteiger partial charge in [0, 0.05) is 11.5 Å². The van der Waals surface area contributed by atoms with Crippen molar-refractivity contribution in [1.82, 2.24) is 9.97 Å². The second-order valence-electron chi connectivity index (χ2n) is 3.77. The van der Waals surface area contributed by atoms with Crippen LogP contribution in [-0.2, 0) is 6.42 Å². The Hall–Kier alpha value is -1.12. The molecule has 0 N–H and O–H groups in total. The van der Waals surface area contributed by atoms with Gasteiger partial charge in [0.05, 0.1) is 12.8 Å². The Labute approximate surface area is 84.5 Å². The molecular weight excluding hydrogens is 176 g/mol. The Morgan fingerprint density at radius 1 is 1.36 bits per heavy atom. The van der Waals surface area contributed by atoms with Crippen LogP contribution >= 0.6 is 0 Å². The molecule has 0 saturated heterocycles. The molecule has 0 radical (unpaired) electrons. The van der Waals surface area contributed by atoms with E-state index in [0.717, 1.165) is 18.1 Å². The first kappa shape index (κ1) is 9.44. The van der Waals surface area contributed by atoms with Crippen LogP contribution in [0.15, 0.2) is 0 Å². The Kier molecular flexibility index (Phi) is 2.40. The van der Waals surface area contributed by atoms with Crippen LogP contribution in [0.1, 0.15) is 42.8 Å². The molecule has 76 valence electrons. The molecule has 0 amide bonds. The van der Waals surface area contributed by atoms with Crippen molar-refractivity contribution in [1.29, 1.82) is 0 Å². The van der Waals surface area contributed by atoms with Gasteiger partial charge in [-0.25, -0.2) is 4.98 Å². The molecule has 1 aliphatic carbocycles. The second-order valence-corrected chi connectivity index (χ2v) is 3.77. The van der Waals surface area contributed by atoms with Gasteiger partial charge in [0.1, 0.15) is 5.82 Å². The van der Waals surface area contributed by atoms with Gasteiger partial charge < -0.3 is 4.74 Å². The van der Waals surface area contributed by atoms with Crippen molar-refractivity contribution in [2.24, 2.45) is 0 Å². The highest BCUT2D eigenvalue weighted by molar-refractivity contribution is 5.35. The predicted molar refractivity (Wildman–Crippen MR) is 54.7 cm³/mol. The molecule has 1 aromatic rings. The van der Waals surface area contributed by atoms with E-state index in [4.69, 9.17) is 4.74 Å². The van der Waals surface area contributed by atoms with Crippen LogP contribution < -0.4 is 4.74 Å². The number of rotatable bonds is 3. The summed E-state index contributed by atoms with van der Waals surface area (Å²) in [6.07, 6.45) is 3.49. The molecule has 1 aliphatic rings. The molecule has 3 nitrogen and oxygen atoms in total. The lowest BCUT2D eigenvalue weighted by atomic mass is 10.1. The molecule has 1 aromatic heterocycles. The van der Waals surface area contributed by atoms with Crippen molar-refractivity contribution < 1.29 is 4.74 Å². The van der Waals surface area contributed by atoms with Crippen LogP contribution in [0.25, 0.3) is 0 Å². The largest absolute Gasteiger partial charge is 0.481 e. The monoisotopic (exact) mass is 192 g/mol. The lowest BCUT2D eigenvalue weighted by Gasteiger charge is -2.10. The Morgan fingerprint density at radius 2 is 2.07 bits per heavy atom. The predicted octanol–water partition coefficient (Wildman–Crippen LogP) is 2.23. The molecule has 0 bridgehead atoms. The Morgan fingerprint density at radius 3 is 2.57 bits per heavy atom. The molecular formula is C11H16N2O. The standard InChI is InChI=1S/C11H16N2O/c1-4-9-10(8-5-6-8)12-7(2)13-11(9)14-3/h8H,4-6H2,1-3H3. The van der Waals surface area contributed by atoms with E-state index in [1.807, 2.05) is 6.92 Å². The van der Waals surface area contributed by atoms with Crippen molar-refractivity contribution in [2.45, 2.75) is 39.0 Å². The van der Waals surface area contributed by atoms with E-state index in [1.165, 1.54) is 24.1 Å². The summed E-state index contributed by atoms with van der Waals surface area (Å²) in [5, 5.41) is 0. The fourth-order valence-corrected chi connectivity index (χ4v) is 1.79. The van der Waals surface area contributed by atoms with Gasteiger partial charge in [-0.1, -0.05) is 6.92 Å². The molecule has 0 aliphatic heterocycles. The number of methoxy groups -OCH3 is 1. The van der Waals surface area contributed by atoms with E-state index in [9.17, 15) is 0 Å². The third-order valence-corrected chi connectivity index (χ3v) is 2.62. The number of ether oxygens (including phenoxy) is 1. The molecule has 0 unspecified atom stereocenters. The van der Waals surface area contributed by atoms with E-state index < -0.39 is 0 Å². The lowest BCUT2D eigenvalue weighted by molar-refractivity contribution is 0.389. The summed E-state index contributed by atoms with van der Waals surface area (Å²) in [6.45, 7) is 4.05. The molecule has 1 saturated carbocycles. The van der Waals surface area contributed by atoms with E-state index >= 15 is 0 Å². The highest BCUT2D eigenvalue weighted by Gasteiger charge is 2.29. The molecule has 0 spiro atoms. The van der Waals surface area contributed by atoms with E-state index in [2.05, 4.69) is 16.9 Å². The summed E-state index contributed by atoms with van der Waals surface area (Å²) in [5.74, 6) is 2.25. The average molecular weight is 192 g/mol. The van der Waals surface area contributed by atoms with Crippen molar-refractivity contribution in [3.8, 4) is 5.88 Å². The molecule has 1 fully saturated rings. The number of aromatic nitrogens is 2. The maximum atomic E-state index is 5.28. The van der Waals surface area contributed by atoms with Gasteiger partial charge in [-0.05, 0) is 26.2 Å². The van der Waals surface area contributed by atoms with Gasteiger partial charge in [-0.3, -0.25) is 0 Å². The fraction of sp³-hybridized carbons (Fsp3) is 0.636. The Balaban J connectivity index is 2.49. The Bertz CT molecular complexity index is 345. The van der Waals surface area contributed by atoms with Crippen molar-refractivity contribution in [3.05, 3.63) is 17.1 Å². The van der Waals surface area contributed by atoms with Crippen molar-refractivity contribution in [3.63, 3.8) is 0 Å². The van der Waals surface area contributed by atoms with Crippen LogP contribution in [0.3, 0.4) is 0 Å². The first-order chi connectivity index (χ1) is 6.76. The van der Waals surface area contributed by atoms with Gasteiger partial charge in [-0.15, -0.1) is 0 Å². The maximum Gasteiger partial charge on any atom is 0.219 e. The SMILES string of the molecule is CCc1c(OC)nc(C)nc1C1CC1. The normalized spacial score (nSPS) is 15.6. The minimum absolute atomic E-state index is 0.667. The first-order valence-electron chi connectivity index (χ1n) is 5.17. The number of nitrogens with zero attached hydrogens (tertiary/aromatic N) is 2. The highest BCUT2D eigenvalue weighted by atomic mass is 16.5. The molecule has 0 atom stereocenters. The first-order valence-corrected chi connectivity index (χ1v) is 5.17. The summed E-state index contributed by atoms with van der Waals surface area (Å²) in [6, 6.07) is 0. The maximum absolute atomic E-state index is 5.28. The quantitative estimate of drug-likeness (QED) is 0.736. The van der Waals surface area contributed by atoms with Crippen LogP contribution in [0.5, 0.6) is 5.88 Å². The molecule has 14 heavy (non-hydrogen) atoms. The fourth-order valence-electron chi connectivity index (χ4n) is 1.79. The van der Waals surface area contributed by atoms with Crippen LogP contribution in [0, 0.1) is 6.92 Å². The summed E-state index contributed by atoms with van der Waals surface area (Å²) in [7, 11) is 1.68. The molecule has 3 heteroatoms. The minimum atomic E-state index is 0.667. The van der Waals surface area contributed by atoms with Gasteiger partial charge in [0.25, 0.3) is 0 Å². The van der Waals surface area contributed by atoms with Crippen LogP contribution in [0.4, 0.5) is 0 Å². The summed E-state index contributed by atoms with van der Waals surface area (Å²) < 4.78 is 5.28. The van der Waals surface area contributed by atoms with Crippen LogP contribution in [-0.4, -0.2) is 17.1 Å². The summed E-state index contributed by atoms with van der Waals surface area (Å²) >= 11 is 0. The number of hydrogen-bond donors (Lipinski definition) is 0. The molecule has 0 aromatic carbocycles. The summed E-state index contributed by atoms with van der Waals surface area (Å²) in [5.41, 5.74) is 2.41. The zero-order valence-electron chi connectivity index (χ0n) is 9.00. The number of aryl methyl sites for hydroxylation is 1. The lowest BCUT2D eigenvalue weighted by Crippen LogP contribution is -2.04. The molecule has 1 heterocycles. The molecule has 2 rings (SSSR count). The van der Waals surface area contributed by atoms with Gasteiger partial charge in [0.2, 0.25) is 5.88 Å². The minimum Gasteiger partial charge on any atom is -0.481 e. The zero-order chi connectivity index (χ0) is 10.1. The van der Waals surface area contributed by atoms with E-state index in [0.29, 0.717) is 5.92 Å². The van der Waals surface area contributed by atoms with Crippen molar-refractivity contribution >= 4 is 0 Å².